The molecule has 0 aliphatic heterocycles. The maximum absolute atomic E-state index is 12.0. The molecule has 2 N–H and O–H groups in total. The van der Waals surface area contributed by atoms with E-state index in [4.69, 9.17) is 0 Å². The number of nitrogens with one attached hydrogen (secondary N) is 2. The van der Waals surface area contributed by atoms with Crippen molar-refractivity contribution in [3.8, 4) is 0 Å². The highest BCUT2D eigenvalue weighted by atomic mass is 16.2. The van der Waals surface area contributed by atoms with Crippen molar-refractivity contribution >= 4 is 11.7 Å². The van der Waals surface area contributed by atoms with Crippen molar-refractivity contribution in [1.82, 2.24) is 10.3 Å². The molecule has 126 valence electrons. The zero-order valence-corrected chi connectivity index (χ0v) is 14.2. The summed E-state index contributed by atoms with van der Waals surface area (Å²) in [6, 6.07) is 21.9. The molecule has 3 aromatic rings. The standard InChI is InChI=1S/C21H21N3O/c1-16-7-8-19(14-22-16)15-23-21(25)24-20-11-9-18(10-12-20)13-17-5-3-2-4-6-17/h2-12,14H,13,15H2,1H3,(H2,23,24,25). The summed E-state index contributed by atoms with van der Waals surface area (Å²) in [4.78, 5) is 16.2. The molecule has 0 spiro atoms. The Kier molecular flexibility index (Phi) is 5.42. The number of rotatable bonds is 5. The number of nitrogens with zero attached hydrogens (tertiary/aromatic N) is 1. The van der Waals surface area contributed by atoms with Gasteiger partial charge in [0.2, 0.25) is 0 Å². The second kappa shape index (κ2) is 8.11. The fraction of sp³-hybridized carbons (Fsp3) is 0.143. The normalized spacial score (nSPS) is 10.3. The molecule has 2 aromatic carbocycles. The van der Waals surface area contributed by atoms with E-state index in [-0.39, 0.29) is 6.03 Å². The van der Waals surface area contributed by atoms with Gasteiger partial charge in [-0.1, -0.05) is 48.5 Å². The van der Waals surface area contributed by atoms with Gasteiger partial charge in [-0.25, -0.2) is 4.79 Å². The van der Waals surface area contributed by atoms with Crippen LogP contribution >= 0.6 is 0 Å². The van der Waals surface area contributed by atoms with Crippen molar-refractivity contribution < 1.29 is 4.79 Å². The van der Waals surface area contributed by atoms with Crippen LogP contribution in [0, 0.1) is 6.92 Å². The highest BCUT2D eigenvalue weighted by Gasteiger charge is 2.03. The molecule has 0 radical (unpaired) electrons. The van der Waals surface area contributed by atoms with Crippen molar-refractivity contribution in [2.24, 2.45) is 0 Å². The average Bonchev–Trinajstić information content (AvgIpc) is 2.64. The first-order chi connectivity index (χ1) is 12.2. The lowest BCUT2D eigenvalue weighted by Gasteiger charge is -2.09. The van der Waals surface area contributed by atoms with Gasteiger partial charge in [0.15, 0.2) is 0 Å². The smallest absolute Gasteiger partial charge is 0.319 e. The molecule has 25 heavy (non-hydrogen) atoms. The summed E-state index contributed by atoms with van der Waals surface area (Å²) < 4.78 is 0. The Morgan fingerprint density at radius 2 is 1.56 bits per heavy atom. The molecule has 2 amide bonds. The topological polar surface area (TPSA) is 54.0 Å². The highest BCUT2D eigenvalue weighted by Crippen LogP contribution is 2.13. The predicted octanol–water partition coefficient (Wildman–Crippen LogP) is 4.30. The summed E-state index contributed by atoms with van der Waals surface area (Å²) in [5.74, 6) is 0. The Morgan fingerprint density at radius 1 is 0.880 bits per heavy atom. The van der Waals surface area contributed by atoms with Crippen molar-refractivity contribution in [3.63, 3.8) is 0 Å². The number of benzene rings is 2. The molecular formula is C21H21N3O. The zero-order valence-electron chi connectivity index (χ0n) is 14.2. The minimum absolute atomic E-state index is 0.226. The average molecular weight is 331 g/mol. The van der Waals surface area contributed by atoms with Gasteiger partial charge in [-0.15, -0.1) is 0 Å². The first kappa shape index (κ1) is 16.7. The first-order valence-corrected chi connectivity index (χ1v) is 8.28. The van der Waals surface area contributed by atoms with E-state index in [2.05, 4.69) is 27.8 Å². The Bertz CT molecular complexity index is 812. The van der Waals surface area contributed by atoms with Gasteiger partial charge in [0, 0.05) is 24.1 Å². The van der Waals surface area contributed by atoms with Crippen LogP contribution in [-0.2, 0) is 13.0 Å². The van der Waals surface area contributed by atoms with Crippen LogP contribution in [0.15, 0.2) is 72.9 Å². The molecule has 1 aromatic heterocycles. The van der Waals surface area contributed by atoms with Crippen molar-refractivity contribution in [1.29, 1.82) is 0 Å². The Balaban J connectivity index is 1.50. The molecule has 0 bridgehead atoms. The van der Waals surface area contributed by atoms with Gasteiger partial charge in [0.1, 0.15) is 0 Å². The third-order valence-electron chi connectivity index (χ3n) is 3.89. The molecular weight excluding hydrogens is 310 g/mol. The lowest BCUT2D eigenvalue weighted by atomic mass is 10.0. The van der Waals surface area contributed by atoms with E-state index >= 15 is 0 Å². The Hall–Kier alpha value is -3.14. The largest absolute Gasteiger partial charge is 0.334 e. The monoisotopic (exact) mass is 331 g/mol. The number of hydrogen-bond donors (Lipinski definition) is 2. The fourth-order valence-corrected chi connectivity index (χ4v) is 2.50. The van der Waals surface area contributed by atoms with Gasteiger partial charge in [-0.3, -0.25) is 4.98 Å². The van der Waals surface area contributed by atoms with E-state index in [0.717, 1.165) is 23.4 Å². The number of carbonyl (C=O) groups excluding carboxylic acids is 1. The van der Waals surface area contributed by atoms with Gasteiger partial charge in [-0.2, -0.15) is 0 Å². The van der Waals surface area contributed by atoms with Crippen LogP contribution in [0.1, 0.15) is 22.4 Å². The molecule has 0 aliphatic carbocycles. The van der Waals surface area contributed by atoms with Gasteiger partial charge in [-0.05, 0) is 48.2 Å². The zero-order chi connectivity index (χ0) is 17.5. The minimum atomic E-state index is -0.226. The van der Waals surface area contributed by atoms with Gasteiger partial charge < -0.3 is 10.6 Å². The molecule has 4 nitrogen and oxygen atoms in total. The number of aromatic nitrogens is 1. The Morgan fingerprint density at radius 3 is 2.24 bits per heavy atom. The fourth-order valence-electron chi connectivity index (χ4n) is 2.50. The SMILES string of the molecule is Cc1ccc(CNC(=O)Nc2ccc(Cc3ccccc3)cc2)cn1. The summed E-state index contributed by atoms with van der Waals surface area (Å²) >= 11 is 0. The maximum atomic E-state index is 12.0. The number of aryl methyl sites for hydroxylation is 1. The maximum Gasteiger partial charge on any atom is 0.319 e. The lowest BCUT2D eigenvalue weighted by molar-refractivity contribution is 0.251. The van der Waals surface area contributed by atoms with Crippen LogP contribution in [-0.4, -0.2) is 11.0 Å². The number of hydrogen-bond acceptors (Lipinski definition) is 2. The van der Waals surface area contributed by atoms with Crippen molar-refractivity contribution in [2.45, 2.75) is 19.9 Å². The summed E-state index contributed by atoms with van der Waals surface area (Å²) in [6.07, 6.45) is 2.65. The molecule has 0 fully saturated rings. The number of pyridine rings is 1. The van der Waals surface area contributed by atoms with Gasteiger partial charge >= 0.3 is 6.03 Å². The van der Waals surface area contributed by atoms with Crippen LogP contribution in [0.2, 0.25) is 0 Å². The van der Waals surface area contributed by atoms with Crippen LogP contribution < -0.4 is 10.6 Å². The number of carbonyl (C=O) groups is 1. The molecule has 3 rings (SSSR count). The van der Waals surface area contributed by atoms with E-state index < -0.39 is 0 Å². The molecule has 0 atom stereocenters. The third kappa shape index (κ3) is 5.18. The van der Waals surface area contributed by atoms with Crippen LogP contribution in [0.5, 0.6) is 0 Å². The lowest BCUT2D eigenvalue weighted by Crippen LogP contribution is -2.28. The molecule has 0 saturated heterocycles. The first-order valence-electron chi connectivity index (χ1n) is 8.28. The minimum Gasteiger partial charge on any atom is -0.334 e. The quantitative estimate of drug-likeness (QED) is 0.732. The number of anilines is 1. The molecule has 0 aliphatic rings. The predicted molar refractivity (Wildman–Crippen MR) is 101 cm³/mol. The van der Waals surface area contributed by atoms with Crippen molar-refractivity contribution in [2.75, 3.05) is 5.32 Å². The van der Waals surface area contributed by atoms with Crippen LogP contribution in [0.3, 0.4) is 0 Å². The van der Waals surface area contributed by atoms with Gasteiger partial charge in [0.05, 0.1) is 0 Å². The van der Waals surface area contributed by atoms with E-state index in [0.29, 0.717) is 6.54 Å². The van der Waals surface area contributed by atoms with Gasteiger partial charge in [0.25, 0.3) is 0 Å². The van der Waals surface area contributed by atoms with E-state index in [1.165, 1.54) is 11.1 Å². The summed E-state index contributed by atoms with van der Waals surface area (Å²) in [6.45, 7) is 2.39. The molecule has 4 heteroatoms. The summed E-state index contributed by atoms with van der Waals surface area (Å²) in [5.41, 5.74) is 5.19. The second-order valence-electron chi connectivity index (χ2n) is 5.97. The molecule has 0 unspecified atom stereocenters. The van der Waals surface area contributed by atoms with Crippen LogP contribution in [0.25, 0.3) is 0 Å². The summed E-state index contributed by atoms with van der Waals surface area (Å²) in [5, 5.41) is 5.68. The molecule has 1 heterocycles. The third-order valence-corrected chi connectivity index (χ3v) is 3.89. The summed E-state index contributed by atoms with van der Waals surface area (Å²) in [7, 11) is 0. The number of amides is 2. The van der Waals surface area contributed by atoms with E-state index in [1.54, 1.807) is 6.20 Å². The highest BCUT2D eigenvalue weighted by molar-refractivity contribution is 5.89. The van der Waals surface area contributed by atoms with Crippen LogP contribution in [0.4, 0.5) is 10.5 Å². The van der Waals surface area contributed by atoms with Crippen molar-refractivity contribution in [3.05, 3.63) is 95.3 Å². The molecule has 0 saturated carbocycles. The Labute approximate surface area is 147 Å². The number of urea groups is 1. The van der Waals surface area contributed by atoms with E-state index in [1.807, 2.05) is 61.5 Å². The van der Waals surface area contributed by atoms with E-state index in [9.17, 15) is 4.79 Å². The second-order valence-corrected chi connectivity index (χ2v) is 5.97.